The van der Waals surface area contributed by atoms with Gasteiger partial charge in [0, 0.05) is 32.1 Å². The topological polar surface area (TPSA) is 80.1 Å². The number of fused-ring (bicyclic) bond motifs is 1. The van der Waals surface area contributed by atoms with Gasteiger partial charge in [0.1, 0.15) is 17.5 Å². The molecule has 4 rings (SSSR count). The summed E-state index contributed by atoms with van der Waals surface area (Å²) in [6.07, 6.45) is 1.46. The van der Waals surface area contributed by atoms with E-state index in [1.807, 2.05) is 0 Å². The molecule has 1 N–H and O–H groups in total. The first-order valence-corrected chi connectivity index (χ1v) is 10.5. The van der Waals surface area contributed by atoms with Gasteiger partial charge in [-0.1, -0.05) is 12.1 Å². The molecule has 0 unspecified atom stereocenters. The molecule has 2 aliphatic rings. The molecule has 0 spiro atoms. The molecule has 27 heavy (non-hydrogen) atoms. The highest BCUT2D eigenvalue weighted by atomic mass is 35.5. The maximum Gasteiger partial charge on any atom is 0.218 e. The maximum absolute atomic E-state index is 13.3. The quantitative estimate of drug-likeness (QED) is 0.821. The van der Waals surface area contributed by atoms with Crippen molar-refractivity contribution in [3.8, 4) is 0 Å². The minimum Gasteiger partial charge on any atom is -0.312 e. The molecule has 10 heteroatoms. The van der Waals surface area contributed by atoms with Crippen LogP contribution in [-0.4, -0.2) is 47.1 Å². The third kappa shape index (κ3) is 4.31. The second-order valence-corrected chi connectivity index (χ2v) is 8.83. The minimum atomic E-state index is -3.45. The third-order valence-corrected chi connectivity index (χ3v) is 6.95. The first kappa shape index (κ1) is 20.2. The van der Waals surface area contributed by atoms with Crippen molar-refractivity contribution < 1.29 is 12.8 Å². The highest BCUT2D eigenvalue weighted by Gasteiger charge is 2.31. The fraction of sp³-hybridized carbons (Fsp3) is 0.529. The summed E-state index contributed by atoms with van der Waals surface area (Å²) >= 11 is 0. The normalized spacial score (nSPS) is 18.7. The van der Waals surface area contributed by atoms with Crippen LogP contribution in [0, 0.1) is 5.82 Å². The molecule has 1 aromatic carbocycles. The summed E-state index contributed by atoms with van der Waals surface area (Å²) in [5.74, 6) is 1.58. The standard InChI is InChI=1S/C17H22FN5O2S.ClH/c18-15-3-1-2-13(10-15)12-26(24,25)22-7-4-14(5-8-22)17-21-20-16-11-19-6-9-23(16)17;/h1-3,10,14,19H,4-9,11-12H2;1H. The number of aromatic nitrogens is 3. The molecule has 7 nitrogen and oxygen atoms in total. The Morgan fingerprint density at radius 2 is 1.96 bits per heavy atom. The molecule has 1 aromatic heterocycles. The highest BCUT2D eigenvalue weighted by Crippen LogP contribution is 2.29. The van der Waals surface area contributed by atoms with Gasteiger partial charge in [-0.05, 0) is 30.5 Å². The van der Waals surface area contributed by atoms with Crippen molar-refractivity contribution in [2.75, 3.05) is 19.6 Å². The smallest absolute Gasteiger partial charge is 0.218 e. The van der Waals surface area contributed by atoms with Crippen LogP contribution in [0.4, 0.5) is 4.39 Å². The molecular weight excluding hydrogens is 393 g/mol. The van der Waals surface area contributed by atoms with Crippen molar-refractivity contribution in [3.63, 3.8) is 0 Å². The highest BCUT2D eigenvalue weighted by molar-refractivity contribution is 7.88. The maximum atomic E-state index is 13.3. The van der Waals surface area contributed by atoms with Gasteiger partial charge in [-0.15, -0.1) is 22.6 Å². The molecule has 3 heterocycles. The zero-order valence-electron chi connectivity index (χ0n) is 14.8. The SMILES string of the molecule is Cl.O=S(=O)(Cc1cccc(F)c1)N1CCC(c2nnc3n2CCNC3)CC1. The van der Waals surface area contributed by atoms with E-state index < -0.39 is 15.8 Å². The molecular formula is C17H23ClFN5O2S. The number of benzene rings is 1. The van der Waals surface area contributed by atoms with Crippen LogP contribution >= 0.6 is 12.4 Å². The van der Waals surface area contributed by atoms with E-state index in [9.17, 15) is 12.8 Å². The minimum absolute atomic E-state index is 0. The van der Waals surface area contributed by atoms with Gasteiger partial charge in [-0.2, -0.15) is 0 Å². The lowest BCUT2D eigenvalue weighted by Crippen LogP contribution is -2.39. The first-order valence-electron chi connectivity index (χ1n) is 8.88. The van der Waals surface area contributed by atoms with Crippen LogP contribution in [0.15, 0.2) is 24.3 Å². The Kier molecular flexibility index (Phi) is 6.15. The zero-order chi connectivity index (χ0) is 18.1. The van der Waals surface area contributed by atoms with Crippen molar-refractivity contribution >= 4 is 22.4 Å². The molecule has 1 fully saturated rings. The fourth-order valence-electron chi connectivity index (χ4n) is 3.74. The van der Waals surface area contributed by atoms with Crippen LogP contribution in [0.3, 0.4) is 0 Å². The molecule has 0 radical (unpaired) electrons. The first-order chi connectivity index (χ1) is 12.5. The van der Waals surface area contributed by atoms with Gasteiger partial charge in [0.25, 0.3) is 0 Å². The van der Waals surface area contributed by atoms with E-state index in [4.69, 9.17) is 0 Å². The predicted molar refractivity (Wildman–Crippen MR) is 102 cm³/mol. The van der Waals surface area contributed by atoms with Gasteiger partial charge in [0.2, 0.25) is 10.0 Å². The number of hydrogen-bond donors (Lipinski definition) is 1. The molecule has 0 saturated carbocycles. The molecule has 0 atom stereocenters. The van der Waals surface area contributed by atoms with Crippen LogP contribution in [-0.2, 0) is 28.9 Å². The Bertz CT molecular complexity index is 896. The van der Waals surface area contributed by atoms with E-state index in [2.05, 4.69) is 20.1 Å². The molecule has 0 aliphatic carbocycles. The van der Waals surface area contributed by atoms with Gasteiger partial charge >= 0.3 is 0 Å². The summed E-state index contributed by atoms with van der Waals surface area (Å²) in [5, 5.41) is 11.9. The van der Waals surface area contributed by atoms with Gasteiger partial charge in [-0.3, -0.25) is 0 Å². The van der Waals surface area contributed by atoms with Crippen LogP contribution in [0.25, 0.3) is 0 Å². The molecule has 0 bridgehead atoms. The Balaban J connectivity index is 0.00000210. The molecule has 2 aliphatic heterocycles. The van der Waals surface area contributed by atoms with Crippen molar-refractivity contribution in [3.05, 3.63) is 47.3 Å². The van der Waals surface area contributed by atoms with Crippen LogP contribution in [0.1, 0.15) is 36.0 Å². The lowest BCUT2D eigenvalue weighted by molar-refractivity contribution is 0.306. The van der Waals surface area contributed by atoms with Gasteiger partial charge in [0.15, 0.2) is 0 Å². The predicted octanol–water partition coefficient (Wildman–Crippen LogP) is 1.65. The van der Waals surface area contributed by atoms with E-state index in [0.717, 1.165) is 44.1 Å². The summed E-state index contributed by atoms with van der Waals surface area (Å²) in [5.41, 5.74) is 0.478. The van der Waals surface area contributed by atoms with Crippen LogP contribution in [0.5, 0.6) is 0 Å². The van der Waals surface area contributed by atoms with Crippen LogP contribution < -0.4 is 5.32 Å². The van der Waals surface area contributed by atoms with Crippen molar-refractivity contribution in [2.45, 2.75) is 37.6 Å². The number of nitrogens with zero attached hydrogens (tertiary/aromatic N) is 4. The number of rotatable bonds is 4. The van der Waals surface area contributed by atoms with Gasteiger partial charge in [0.05, 0.1) is 12.3 Å². The average Bonchev–Trinajstić information content (AvgIpc) is 3.05. The lowest BCUT2D eigenvalue weighted by atomic mass is 9.97. The molecule has 2 aromatic rings. The van der Waals surface area contributed by atoms with E-state index in [1.54, 1.807) is 6.07 Å². The van der Waals surface area contributed by atoms with E-state index in [-0.39, 0.29) is 24.1 Å². The summed E-state index contributed by atoms with van der Waals surface area (Å²) in [6.45, 7) is 3.41. The monoisotopic (exact) mass is 415 g/mol. The number of piperidine rings is 1. The van der Waals surface area contributed by atoms with E-state index in [0.29, 0.717) is 18.7 Å². The van der Waals surface area contributed by atoms with Gasteiger partial charge < -0.3 is 9.88 Å². The van der Waals surface area contributed by atoms with Crippen LogP contribution in [0.2, 0.25) is 0 Å². The third-order valence-electron chi connectivity index (χ3n) is 5.10. The molecule has 1 saturated heterocycles. The fourth-order valence-corrected chi connectivity index (χ4v) is 5.29. The summed E-state index contributed by atoms with van der Waals surface area (Å²) in [7, 11) is -3.45. The van der Waals surface area contributed by atoms with Crippen molar-refractivity contribution in [1.82, 2.24) is 24.4 Å². The second-order valence-electron chi connectivity index (χ2n) is 6.86. The molecule has 148 valence electrons. The average molecular weight is 416 g/mol. The Morgan fingerprint density at radius 3 is 2.70 bits per heavy atom. The summed E-state index contributed by atoms with van der Waals surface area (Å²) in [6, 6.07) is 5.77. The Labute approximate surface area is 164 Å². The number of halogens is 2. The zero-order valence-corrected chi connectivity index (χ0v) is 16.5. The number of sulfonamides is 1. The van der Waals surface area contributed by atoms with E-state index in [1.165, 1.54) is 22.5 Å². The van der Waals surface area contributed by atoms with Crippen molar-refractivity contribution in [1.29, 1.82) is 0 Å². The Morgan fingerprint density at radius 1 is 1.19 bits per heavy atom. The molecule has 0 amide bonds. The Hall–Kier alpha value is -1.55. The van der Waals surface area contributed by atoms with Gasteiger partial charge in [-0.25, -0.2) is 17.1 Å². The van der Waals surface area contributed by atoms with E-state index >= 15 is 0 Å². The summed E-state index contributed by atoms with van der Waals surface area (Å²) < 4.78 is 42.3. The van der Waals surface area contributed by atoms with Crippen molar-refractivity contribution in [2.24, 2.45) is 0 Å². The summed E-state index contributed by atoms with van der Waals surface area (Å²) in [4.78, 5) is 0. The largest absolute Gasteiger partial charge is 0.312 e. The second kappa shape index (κ2) is 8.22. The number of nitrogens with one attached hydrogen (secondary N) is 1. The number of hydrogen-bond acceptors (Lipinski definition) is 5. The lowest BCUT2D eigenvalue weighted by Gasteiger charge is -2.31.